The van der Waals surface area contributed by atoms with E-state index in [0.717, 1.165) is 99.0 Å². The molecule has 16 nitrogen and oxygen atoms in total. The molecule has 0 saturated carbocycles. The van der Waals surface area contributed by atoms with E-state index < -0.39 is 0 Å². The fraction of sp³-hybridized carbons (Fsp3) is 0.333. The van der Waals surface area contributed by atoms with Crippen LogP contribution < -0.4 is 21.7 Å². The van der Waals surface area contributed by atoms with Crippen molar-refractivity contribution in [3.05, 3.63) is 198 Å². The Labute approximate surface area is 505 Å². The topological polar surface area (TPSA) is 178 Å². The third-order valence-electron chi connectivity index (χ3n) is 10.2. The number of halogens is 3. The Kier molecular flexibility index (Phi) is 41.4. The molecule has 0 radical (unpaired) electrons. The number of rotatable bonds is 10. The van der Waals surface area contributed by atoms with Gasteiger partial charge in [-0.2, -0.15) is 0 Å². The highest BCUT2D eigenvalue weighted by Gasteiger charge is 2.09. The first kappa shape index (κ1) is 70.8. The maximum Gasteiger partial charge on any atom is 0.223 e. The van der Waals surface area contributed by atoms with E-state index in [-0.39, 0.29) is 0 Å². The molecular weight excluding hydrogens is 1120 g/mol. The Hall–Kier alpha value is -6.29. The molecule has 436 valence electrons. The molecular formula is C60H83Cl3N16S2. The quantitative estimate of drug-likeness (QED) is 0.0577. The lowest BCUT2D eigenvalue weighted by molar-refractivity contribution is 0.364. The van der Waals surface area contributed by atoms with Crippen molar-refractivity contribution in [3.63, 3.8) is 0 Å². The molecule has 0 spiro atoms. The molecule has 2 aromatic carbocycles. The van der Waals surface area contributed by atoms with E-state index in [2.05, 4.69) is 142 Å². The van der Waals surface area contributed by atoms with Crippen LogP contribution in [-0.4, -0.2) is 139 Å². The Morgan fingerprint density at radius 2 is 0.827 bits per heavy atom. The van der Waals surface area contributed by atoms with Crippen LogP contribution in [0.25, 0.3) is 20.4 Å². The van der Waals surface area contributed by atoms with Gasteiger partial charge in [0.25, 0.3) is 0 Å². The van der Waals surface area contributed by atoms with E-state index in [9.17, 15) is 0 Å². The number of hydrogen-bond donors (Lipinski definition) is 4. The standard InChI is InChI=1S/C12H13N3S.C10H13N3.C9H12N4.C7H4ClNS.C5H4ClN.C5H10N2.C4H3ClN2.4C2H6/c1-2-6-11-10(5-1)14-12(16-11)13-9-15-7-3-4-8-15;1-2-6-11-10(5-1)12-9-13-7-3-4-8-13;1-2-7-13(6-1)8-12-9-10-4-3-5-11-9;8-7-9-5-3-1-2-4-6(5)10-7;6-5-3-1-2-4-7-5;6-5-7-3-1-2-4-7;5-4-6-2-1-3-7-4;4*1-2/h1-6H,7-9H2,(H,13,14);1-6H,7-9H2,(H,11,12);1-5H,6-8H2,(H,10,11,12);1-4H;1-4H;1-2H,3-6H2;1-3H;4*1-2H3. The summed E-state index contributed by atoms with van der Waals surface area (Å²) in [4.78, 5) is 41.0. The molecule has 8 aromatic rings. The van der Waals surface area contributed by atoms with Gasteiger partial charge in [-0.15, -0.1) is 11.3 Å². The summed E-state index contributed by atoms with van der Waals surface area (Å²) in [5.74, 6) is 1.63. The van der Waals surface area contributed by atoms with Crippen molar-refractivity contribution >= 4 is 94.8 Å². The summed E-state index contributed by atoms with van der Waals surface area (Å²) in [7, 11) is 0. The Morgan fingerprint density at radius 3 is 1.22 bits per heavy atom. The van der Waals surface area contributed by atoms with Crippen LogP contribution in [-0.2, 0) is 0 Å². The normalized spacial score (nSPS) is 13.3. The summed E-state index contributed by atoms with van der Waals surface area (Å²) >= 11 is 19.7. The number of benzene rings is 2. The molecule has 0 aliphatic carbocycles. The van der Waals surface area contributed by atoms with Crippen LogP contribution in [0.2, 0.25) is 14.9 Å². The summed E-state index contributed by atoms with van der Waals surface area (Å²) < 4.78 is 3.00. The van der Waals surface area contributed by atoms with Crippen LogP contribution in [0.1, 0.15) is 55.4 Å². The van der Waals surface area contributed by atoms with Gasteiger partial charge in [0.2, 0.25) is 11.2 Å². The van der Waals surface area contributed by atoms with Gasteiger partial charge < -0.3 is 21.7 Å². The van der Waals surface area contributed by atoms with Crippen molar-refractivity contribution in [2.75, 3.05) is 95.0 Å². The van der Waals surface area contributed by atoms with E-state index in [0.29, 0.717) is 27.5 Å². The number of nitrogens with one attached hydrogen (secondary N) is 3. The van der Waals surface area contributed by atoms with Crippen molar-refractivity contribution in [1.82, 2.24) is 59.5 Å². The maximum absolute atomic E-state index is 5.69. The van der Waals surface area contributed by atoms with Gasteiger partial charge in [0, 0.05) is 96.2 Å². The SMILES string of the molecule is C1=CCN(CNc2ccccn2)C1.C1=CCN(CNc2nc3ccccc3s2)C1.C1=CCN(CNc2ncccn2)C1.CC.CC.CC.CC.Clc1ccccn1.Clc1nc2ccccc2s1.Clc1ncccn1.NCN1CC=CC1. The first-order valence-corrected chi connectivity index (χ1v) is 30.1. The molecule has 0 saturated heterocycles. The van der Waals surface area contributed by atoms with Crippen molar-refractivity contribution in [3.8, 4) is 0 Å². The minimum atomic E-state index is 0.294. The largest absolute Gasteiger partial charge is 0.357 e. The number of para-hydroxylation sites is 2. The molecule has 0 bridgehead atoms. The van der Waals surface area contributed by atoms with E-state index >= 15 is 0 Å². The second kappa shape index (κ2) is 47.4. The van der Waals surface area contributed by atoms with Gasteiger partial charge in [0.1, 0.15) is 11.0 Å². The zero-order valence-electron chi connectivity index (χ0n) is 48.2. The fourth-order valence-electron chi connectivity index (χ4n) is 6.45. The van der Waals surface area contributed by atoms with Crippen molar-refractivity contribution in [2.45, 2.75) is 55.4 Å². The zero-order valence-corrected chi connectivity index (χ0v) is 52.1. The van der Waals surface area contributed by atoms with E-state index in [1.165, 1.54) is 16.0 Å². The minimum absolute atomic E-state index is 0.294. The number of anilines is 3. The van der Waals surface area contributed by atoms with Crippen LogP contribution in [0.4, 0.5) is 16.9 Å². The zero-order chi connectivity index (χ0) is 59.0. The average molecular weight is 1200 g/mol. The van der Waals surface area contributed by atoms with Crippen molar-refractivity contribution in [2.24, 2.45) is 5.73 Å². The summed E-state index contributed by atoms with van der Waals surface area (Å²) in [5, 5.41) is 11.6. The number of nitrogens with two attached hydrogens (primary N) is 1. The summed E-state index contributed by atoms with van der Waals surface area (Å²) in [6.07, 6.45) is 27.4. The molecule has 21 heteroatoms. The third-order valence-corrected chi connectivity index (χ3v) is 12.7. The molecule has 12 rings (SSSR count). The van der Waals surface area contributed by atoms with Gasteiger partial charge in [0.05, 0.1) is 40.4 Å². The number of pyridine rings is 2. The molecule has 0 fully saturated rings. The highest BCUT2D eigenvalue weighted by Crippen LogP contribution is 2.26. The second-order valence-corrected chi connectivity index (χ2v) is 19.0. The summed E-state index contributed by atoms with van der Waals surface area (Å²) in [6, 6.07) is 30.9. The lowest BCUT2D eigenvalue weighted by Crippen LogP contribution is -2.27. The monoisotopic (exact) mass is 1200 g/mol. The van der Waals surface area contributed by atoms with Gasteiger partial charge in [-0.25, -0.2) is 39.9 Å². The predicted molar refractivity (Wildman–Crippen MR) is 350 cm³/mol. The highest BCUT2D eigenvalue weighted by atomic mass is 35.5. The van der Waals surface area contributed by atoms with Gasteiger partial charge in [0.15, 0.2) is 9.60 Å². The molecule has 0 unspecified atom stereocenters. The lowest BCUT2D eigenvalue weighted by Gasteiger charge is -2.15. The second-order valence-electron chi connectivity index (χ2n) is 15.6. The number of thiazole rings is 2. The Morgan fingerprint density at radius 1 is 0.420 bits per heavy atom. The third kappa shape index (κ3) is 32.1. The average Bonchev–Trinajstić information content (AvgIpc) is 4.44. The lowest BCUT2D eigenvalue weighted by atomic mass is 10.3. The van der Waals surface area contributed by atoms with E-state index in [1.54, 1.807) is 60.7 Å². The molecule has 6 aromatic heterocycles. The molecule has 0 atom stereocenters. The minimum Gasteiger partial charge on any atom is -0.357 e. The molecule has 5 N–H and O–H groups in total. The van der Waals surface area contributed by atoms with Crippen LogP contribution in [0.5, 0.6) is 0 Å². The molecule has 10 heterocycles. The number of aromatic nitrogens is 8. The highest BCUT2D eigenvalue weighted by molar-refractivity contribution is 7.22. The first-order chi connectivity index (χ1) is 39.9. The predicted octanol–water partition coefficient (Wildman–Crippen LogP) is 14.3. The van der Waals surface area contributed by atoms with Gasteiger partial charge in [-0.3, -0.25) is 19.6 Å². The van der Waals surface area contributed by atoms with Gasteiger partial charge in [-0.05, 0) is 72.3 Å². The molecule has 4 aliphatic heterocycles. The Balaban J connectivity index is 0.000000322. The van der Waals surface area contributed by atoms with Gasteiger partial charge >= 0.3 is 0 Å². The van der Waals surface area contributed by atoms with Gasteiger partial charge in [-0.1, -0.05) is 175 Å². The number of hydrogen-bond acceptors (Lipinski definition) is 18. The molecule has 4 aliphatic rings. The van der Waals surface area contributed by atoms with Crippen LogP contribution in [0.3, 0.4) is 0 Å². The van der Waals surface area contributed by atoms with Crippen LogP contribution >= 0.6 is 57.5 Å². The number of nitrogens with zero attached hydrogens (tertiary/aromatic N) is 12. The number of fused-ring (bicyclic) bond motifs is 2. The van der Waals surface area contributed by atoms with Crippen LogP contribution in [0.15, 0.2) is 183 Å². The smallest absolute Gasteiger partial charge is 0.223 e. The van der Waals surface area contributed by atoms with Crippen LogP contribution in [0, 0.1) is 0 Å². The summed E-state index contributed by atoms with van der Waals surface area (Å²) in [5.41, 5.74) is 7.38. The molecule has 81 heavy (non-hydrogen) atoms. The maximum atomic E-state index is 5.69. The van der Waals surface area contributed by atoms with Crippen molar-refractivity contribution in [1.29, 1.82) is 0 Å². The van der Waals surface area contributed by atoms with E-state index in [1.807, 2.05) is 122 Å². The summed E-state index contributed by atoms with van der Waals surface area (Å²) in [6.45, 7) is 27.5. The van der Waals surface area contributed by atoms with Crippen molar-refractivity contribution < 1.29 is 0 Å². The molecule has 0 amide bonds. The fourth-order valence-corrected chi connectivity index (χ4v) is 8.58. The van der Waals surface area contributed by atoms with E-state index in [4.69, 9.17) is 40.5 Å². The first-order valence-electron chi connectivity index (χ1n) is 27.3. The Bertz CT molecular complexity index is 2650.